The Labute approximate surface area is 153 Å². The van der Waals surface area contributed by atoms with E-state index in [4.69, 9.17) is 4.52 Å². The number of hydrogen-bond acceptors (Lipinski definition) is 6. The highest BCUT2D eigenvalue weighted by Gasteiger charge is 2.19. The summed E-state index contributed by atoms with van der Waals surface area (Å²) >= 11 is 0. The summed E-state index contributed by atoms with van der Waals surface area (Å²) < 4.78 is 4.94. The molecule has 140 valence electrons. The lowest BCUT2D eigenvalue weighted by molar-refractivity contribution is -0.114. The zero-order valence-electron chi connectivity index (χ0n) is 15.1. The molecule has 2 heterocycles. The number of likely N-dealkylation sites (tertiary alicyclic amines) is 1. The Hall–Kier alpha value is -2.38. The largest absolute Gasteiger partial charge is 0.396 e. The molecule has 1 aromatic heterocycles. The second kappa shape index (κ2) is 8.82. The fourth-order valence-electron chi connectivity index (χ4n) is 3.19. The standard InChI is InChI=1S/C19H26N4O3/c1-14-10-18(22-26-14)21-19(25)11-20-17-5-3-2-4-16(17)12-23-8-6-15(13-24)7-9-23/h2-5,10,15,20,24H,6-9,11-13H2,1H3,(H,21,22,25). The summed E-state index contributed by atoms with van der Waals surface area (Å²) in [6, 6.07) is 9.73. The minimum atomic E-state index is -0.170. The normalized spacial score (nSPS) is 15.8. The van der Waals surface area contributed by atoms with E-state index in [1.165, 1.54) is 5.56 Å². The van der Waals surface area contributed by atoms with Crippen LogP contribution >= 0.6 is 0 Å². The number of benzene rings is 1. The summed E-state index contributed by atoms with van der Waals surface area (Å²) in [5, 5.41) is 18.9. The van der Waals surface area contributed by atoms with E-state index in [2.05, 4.69) is 26.8 Å². The van der Waals surface area contributed by atoms with Gasteiger partial charge in [0.1, 0.15) is 5.76 Å². The molecule has 0 bridgehead atoms. The molecule has 1 aliphatic heterocycles. The molecule has 1 saturated heterocycles. The van der Waals surface area contributed by atoms with Gasteiger partial charge >= 0.3 is 0 Å². The number of carbonyl (C=O) groups is 1. The second-order valence-electron chi connectivity index (χ2n) is 6.78. The highest BCUT2D eigenvalue weighted by atomic mass is 16.5. The van der Waals surface area contributed by atoms with Gasteiger partial charge in [-0.2, -0.15) is 0 Å². The van der Waals surface area contributed by atoms with E-state index < -0.39 is 0 Å². The summed E-state index contributed by atoms with van der Waals surface area (Å²) in [6.45, 7) is 5.05. The van der Waals surface area contributed by atoms with Gasteiger partial charge in [-0.05, 0) is 50.4 Å². The summed E-state index contributed by atoms with van der Waals surface area (Å²) in [7, 11) is 0. The lowest BCUT2D eigenvalue weighted by Gasteiger charge is -2.31. The number of aliphatic hydroxyl groups excluding tert-OH is 1. The highest BCUT2D eigenvalue weighted by Crippen LogP contribution is 2.22. The van der Waals surface area contributed by atoms with Crippen LogP contribution < -0.4 is 10.6 Å². The molecular weight excluding hydrogens is 332 g/mol. The monoisotopic (exact) mass is 358 g/mol. The average Bonchev–Trinajstić information content (AvgIpc) is 3.06. The van der Waals surface area contributed by atoms with Crippen LogP contribution in [0.15, 0.2) is 34.9 Å². The van der Waals surface area contributed by atoms with Crippen LogP contribution in [0.2, 0.25) is 0 Å². The Kier molecular flexibility index (Phi) is 6.25. The number of amides is 1. The Balaban J connectivity index is 1.53. The quantitative estimate of drug-likeness (QED) is 0.703. The summed E-state index contributed by atoms with van der Waals surface area (Å²) in [5.74, 6) is 1.35. The number of carbonyl (C=O) groups excluding carboxylic acids is 1. The molecule has 7 heteroatoms. The van der Waals surface area contributed by atoms with E-state index in [9.17, 15) is 9.90 Å². The van der Waals surface area contributed by atoms with Crippen LogP contribution in [-0.2, 0) is 11.3 Å². The van der Waals surface area contributed by atoms with Crippen LogP contribution in [-0.4, -0.2) is 47.3 Å². The van der Waals surface area contributed by atoms with Gasteiger partial charge in [-0.3, -0.25) is 9.69 Å². The molecule has 0 saturated carbocycles. The van der Waals surface area contributed by atoms with Gasteiger partial charge in [0.15, 0.2) is 5.82 Å². The maximum atomic E-state index is 12.1. The fraction of sp³-hybridized carbons (Fsp3) is 0.474. The molecule has 0 radical (unpaired) electrons. The third-order valence-corrected chi connectivity index (χ3v) is 4.71. The van der Waals surface area contributed by atoms with Crippen molar-refractivity contribution in [3.8, 4) is 0 Å². The maximum Gasteiger partial charge on any atom is 0.244 e. The third kappa shape index (κ3) is 5.06. The van der Waals surface area contributed by atoms with Crippen molar-refractivity contribution in [3.05, 3.63) is 41.7 Å². The van der Waals surface area contributed by atoms with Crippen molar-refractivity contribution in [2.24, 2.45) is 5.92 Å². The summed E-state index contributed by atoms with van der Waals surface area (Å²) in [4.78, 5) is 14.5. The van der Waals surface area contributed by atoms with Gasteiger partial charge in [0.05, 0.1) is 6.54 Å². The van der Waals surface area contributed by atoms with Crippen LogP contribution in [0, 0.1) is 12.8 Å². The van der Waals surface area contributed by atoms with Crippen LogP contribution in [0.3, 0.4) is 0 Å². The molecular formula is C19H26N4O3. The molecule has 1 aromatic carbocycles. The molecule has 1 fully saturated rings. The molecule has 1 amide bonds. The van der Waals surface area contributed by atoms with Crippen molar-refractivity contribution in [2.45, 2.75) is 26.3 Å². The Bertz CT molecular complexity index is 723. The summed E-state index contributed by atoms with van der Waals surface area (Å²) in [5.41, 5.74) is 2.13. The van der Waals surface area contributed by atoms with E-state index in [0.29, 0.717) is 17.5 Å². The van der Waals surface area contributed by atoms with Crippen LogP contribution in [0.1, 0.15) is 24.2 Å². The van der Waals surface area contributed by atoms with Crippen molar-refractivity contribution in [1.82, 2.24) is 10.1 Å². The molecule has 0 atom stereocenters. The third-order valence-electron chi connectivity index (χ3n) is 4.71. The first-order valence-electron chi connectivity index (χ1n) is 9.02. The van der Waals surface area contributed by atoms with Crippen molar-refractivity contribution in [2.75, 3.05) is 36.9 Å². The number of aromatic nitrogens is 1. The Morgan fingerprint density at radius 3 is 2.81 bits per heavy atom. The maximum absolute atomic E-state index is 12.1. The molecule has 0 unspecified atom stereocenters. The first-order valence-corrected chi connectivity index (χ1v) is 9.02. The molecule has 3 N–H and O–H groups in total. The molecule has 26 heavy (non-hydrogen) atoms. The van der Waals surface area contributed by atoms with Crippen molar-refractivity contribution >= 4 is 17.4 Å². The predicted molar refractivity (Wildman–Crippen MR) is 99.9 cm³/mol. The zero-order valence-corrected chi connectivity index (χ0v) is 15.1. The minimum absolute atomic E-state index is 0.162. The molecule has 2 aromatic rings. The number of piperidine rings is 1. The van der Waals surface area contributed by atoms with E-state index in [1.807, 2.05) is 18.2 Å². The molecule has 3 rings (SSSR count). The number of nitrogens with one attached hydrogen (secondary N) is 2. The van der Waals surface area contributed by atoms with Gasteiger partial charge in [-0.15, -0.1) is 0 Å². The summed E-state index contributed by atoms with van der Waals surface area (Å²) in [6.07, 6.45) is 2.07. The first-order chi connectivity index (χ1) is 12.6. The second-order valence-corrected chi connectivity index (χ2v) is 6.78. The van der Waals surface area contributed by atoms with Gasteiger partial charge in [-0.25, -0.2) is 0 Å². The van der Waals surface area contributed by atoms with Crippen molar-refractivity contribution in [1.29, 1.82) is 0 Å². The molecule has 1 aliphatic rings. The first kappa shape index (κ1) is 18.4. The number of hydrogen-bond donors (Lipinski definition) is 3. The molecule has 0 spiro atoms. The predicted octanol–water partition coefficient (Wildman–Crippen LogP) is 2.24. The number of anilines is 2. The average molecular weight is 358 g/mol. The zero-order chi connectivity index (χ0) is 18.4. The molecule has 0 aliphatic carbocycles. The van der Waals surface area contributed by atoms with Crippen molar-refractivity contribution in [3.63, 3.8) is 0 Å². The van der Waals surface area contributed by atoms with E-state index in [-0.39, 0.29) is 19.1 Å². The lowest BCUT2D eigenvalue weighted by atomic mass is 9.97. The van der Waals surface area contributed by atoms with Gasteiger partial charge in [0.25, 0.3) is 0 Å². The van der Waals surface area contributed by atoms with Crippen molar-refractivity contribution < 1.29 is 14.4 Å². The fourth-order valence-corrected chi connectivity index (χ4v) is 3.19. The number of aliphatic hydroxyl groups is 1. The Morgan fingerprint density at radius 1 is 1.35 bits per heavy atom. The van der Waals surface area contributed by atoms with E-state index in [0.717, 1.165) is 38.2 Å². The van der Waals surface area contributed by atoms with Gasteiger partial charge in [0.2, 0.25) is 5.91 Å². The highest BCUT2D eigenvalue weighted by molar-refractivity contribution is 5.93. The number of nitrogens with zero attached hydrogens (tertiary/aromatic N) is 2. The number of aryl methyl sites for hydroxylation is 1. The van der Waals surface area contributed by atoms with Gasteiger partial charge < -0.3 is 20.3 Å². The smallest absolute Gasteiger partial charge is 0.244 e. The van der Waals surface area contributed by atoms with Gasteiger partial charge in [-0.1, -0.05) is 23.4 Å². The Morgan fingerprint density at radius 2 is 2.12 bits per heavy atom. The van der Waals surface area contributed by atoms with E-state index >= 15 is 0 Å². The SMILES string of the molecule is Cc1cc(NC(=O)CNc2ccccc2CN2CCC(CO)CC2)no1. The van der Waals surface area contributed by atoms with Crippen LogP contribution in [0.4, 0.5) is 11.5 Å². The minimum Gasteiger partial charge on any atom is -0.396 e. The van der Waals surface area contributed by atoms with Crippen LogP contribution in [0.25, 0.3) is 0 Å². The molecule has 7 nitrogen and oxygen atoms in total. The lowest BCUT2D eigenvalue weighted by Crippen LogP contribution is -2.34. The number of rotatable bonds is 7. The topological polar surface area (TPSA) is 90.6 Å². The van der Waals surface area contributed by atoms with E-state index in [1.54, 1.807) is 13.0 Å². The van der Waals surface area contributed by atoms with Crippen LogP contribution in [0.5, 0.6) is 0 Å². The number of para-hydroxylation sites is 1. The van der Waals surface area contributed by atoms with Gasteiger partial charge in [0, 0.05) is 24.9 Å².